The van der Waals surface area contributed by atoms with E-state index in [0.717, 1.165) is 37.9 Å². The van der Waals surface area contributed by atoms with Crippen LogP contribution in [0.25, 0.3) is 5.52 Å². The molecule has 178 valence electrons. The molecule has 2 aromatic rings. The second-order valence-electron chi connectivity index (χ2n) is 9.96. The number of hydrogen-bond donors (Lipinski definition) is 1. The summed E-state index contributed by atoms with van der Waals surface area (Å²) in [6.07, 6.45) is 5.04. The van der Waals surface area contributed by atoms with Crippen molar-refractivity contribution in [2.45, 2.75) is 63.8 Å². The van der Waals surface area contributed by atoms with Crippen molar-refractivity contribution in [1.29, 1.82) is 0 Å². The van der Waals surface area contributed by atoms with Gasteiger partial charge in [0, 0.05) is 31.7 Å². The van der Waals surface area contributed by atoms with Crippen molar-refractivity contribution in [2.75, 3.05) is 24.5 Å². The molecule has 5 rings (SSSR count). The molecule has 3 fully saturated rings. The highest BCUT2D eigenvalue weighted by atomic mass is 19.2. The van der Waals surface area contributed by atoms with Crippen LogP contribution in [-0.2, 0) is 11.2 Å². The lowest BCUT2D eigenvalue weighted by Crippen LogP contribution is -2.49. The number of nitrogens with zero attached hydrogens (tertiary/aromatic N) is 4. The molecule has 2 saturated heterocycles. The monoisotopic (exact) mass is 459 g/mol. The zero-order valence-corrected chi connectivity index (χ0v) is 18.9. The Hall–Kier alpha value is -2.55. The standard InChI is InChI=1S/C24H31F2N5O2/c1-15-8-16(2-5-29(15)14-18-10-19(25)20(26)11-18)9-17-3-7-31-21(12-17)22(13-27-31)30-6-4-23(32)28-24(30)33/h3,7,12-13,15-16,18-20H,2,4-6,8-11,14H2,1H3,(H,28,32,33)/t15-,16+,18-,19+,20-/m0/s1. The highest BCUT2D eigenvalue weighted by Gasteiger charge is 2.37. The minimum atomic E-state index is -1.29. The van der Waals surface area contributed by atoms with E-state index < -0.39 is 18.4 Å². The number of carbonyl (C=O) groups excluding carboxylic acids is 2. The van der Waals surface area contributed by atoms with Crippen molar-refractivity contribution < 1.29 is 18.4 Å². The van der Waals surface area contributed by atoms with Gasteiger partial charge in [-0.05, 0) is 75.1 Å². The Balaban J connectivity index is 1.23. The molecule has 7 nitrogen and oxygen atoms in total. The Kier molecular flexibility index (Phi) is 6.07. The number of fused-ring (bicyclic) bond motifs is 1. The van der Waals surface area contributed by atoms with Crippen molar-refractivity contribution in [3.05, 3.63) is 30.1 Å². The Labute approximate surface area is 192 Å². The largest absolute Gasteiger partial charge is 0.328 e. The van der Waals surface area contributed by atoms with Crippen LogP contribution in [0.5, 0.6) is 0 Å². The summed E-state index contributed by atoms with van der Waals surface area (Å²) in [7, 11) is 0. The summed E-state index contributed by atoms with van der Waals surface area (Å²) in [6, 6.07) is 4.14. The predicted molar refractivity (Wildman–Crippen MR) is 121 cm³/mol. The zero-order valence-electron chi connectivity index (χ0n) is 18.9. The summed E-state index contributed by atoms with van der Waals surface area (Å²) in [5.74, 6) is 0.405. The Morgan fingerprint density at radius 1 is 1.12 bits per heavy atom. The molecule has 0 aromatic carbocycles. The number of rotatable bonds is 5. The average Bonchev–Trinajstić information content (AvgIpc) is 3.32. The van der Waals surface area contributed by atoms with E-state index in [4.69, 9.17) is 0 Å². The average molecular weight is 460 g/mol. The maximum absolute atomic E-state index is 13.6. The van der Waals surface area contributed by atoms with Crippen molar-refractivity contribution >= 4 is 23.1 Å². The first kappa shape index (κ1) is 22.3. The molecule has 0 bridgehead atoms. The molecule has 1 saturated carbocycles. The normalized spacial score (nSPS) is 31.4. The minimum absolute atomic E-state index is 0.124. The third-order valence-corrected chi connectivity index (χ3v) is 7.56. The number of amides is 3. The summed E-state index contributed by atoms with van der Waals surface area (Å²) in [5, 5.41) is 6.73. The Bertz CT molecular complexity index is 1030. The molecule has 3 amide bonds. The van der Waals surface area contributed by atoms with Crippen LogP contribution in [-0.4, -0.2) is 64.5 Å². The summed E-state index contributed by atoms with van der Waals surface area (Å²) >= 11 is 0. The molecule has 0 spiro atoms. The number of aromatic nitrogens is 2. The number of likely N-dealkylation sites (tertiary alicyclic amines) is 1. The number of alkyl halides is 2. The lowest BCUT2D eigenvalue weighted by atomic mass is 9.86. The molecule has 0 radical (unpaired) electrons. The number of halogens is 2. The fourth-order valence-electron chi connectivity index (χ4n) is 5.76. The van der Waals surface area contributed by atoms with Crippen LogP contribution in [0.15, 0.2) is 24.5 Å². The summed E-state index contributed by atoms with van der Waals surface area (Å²) in [6.45, 7) is 4.31. The van der Waals surface area contributed by atoms with Crippen LogP contribution < -0.4 is 10.2 Å². The number of urea groups is 1. The smallest absolute Gasteiger partial charge is 0.300 e. The fourth-order valence-corrected chi connectivity index (χ4v) is 5.76. The first-order chi connectivity index (χ1) is 15.9. The van der Waals surface area contributed by atoms with Crippen LogP contribution >= 0.6 is 0 Å². The molecule has 9 heteroatoms. The lowest BCUT2D eigenvalue weighted by molar-refractivity contribution is -0.120. The van der Waals surface area contributed by atoms with Crippen molar-refractivity contribution in [3.63, 3.8) is 0 Å². The van der Waals surface area contributed by atoms with Gasteiger partial charge >= 0.3 is 6.03 Å². The van der Waals surface area contributed by atoms with E-state index in [9.17, 15) is 18.4 Å². The molecule has 1 aliphatic carbocycles. The summed E-state index contributed by atoms with van der Waals surface area (Å²) in [5.41, 5.74) is 2.75. The van der Waals surface area contributed by atoms with E-state index in [0.29, 0.717) is 37.0 Å². The fraction of sp³-hybridized carbons (Fsp3) is 0.625. The van der Waals surface area contributed by atoms with Crippen molar-refractivity contribution in [3.8, 4) is 0 Å². The second-order valence-corrected chi connectivity index (χ2v) is 9.96. The molecular weight excluding hydrogens is 428 g/mol. The third-order valence-electron chi connectivity index (χ3n) is 7.56. The predicted octanol–water partition coefficient (Wildman–Crippen LogP) is 3.51. The van der Waals surface area contributed by atoms with Gasteiger partial charge in [-0.1, -0.05) is 0 Å². The molecule has 33 heavy (non-hydrogen) atoms. The number of carbonyl (C=O) groups is 2. The van der Waals surface area contributed by atoms with Crippen LogP contribution in [0, 0.1) is 11.8 Å². The highest BCUT2D eigenvalue weighted by Crippen LogP contribution is 2.34. The van der Waals surface area contributed by atoms with Crippen LogP contribution in [0.2, 0.25) is 0 Å². The number of anilines is 1. The van der Waals surface area contributed by atoms with E-state index >= 15 is 0 Å². The van der Waals surface area contributed by atoms with E-state index in [2.05, 4.69) is 34.4 Å². The minimum Gasteiger partial charge on any atom is -0.300 e. The van der Waals surface area contributed by atoms with E-state index in [1.165, 1.54) is 5.56 Å². The van der Waals surface area contributed by atoms with Gasteiger partial charge in [0.2, 0.25) is 5.91 Å². The molecule has 3 aliphatic rings. The SMILES string of the molecule is C[C@H]1C[C@H](Cc2ccn3ncc(N4CCC(=O)NC4=O)c3c2)CCN1C[C@H]1C[C@@H](F)[C@@H](F)C1. The van der Waals surface area contributed by atoms with Gasteiger partial charge in [0.15, 0.2) is 0 Å². The maximum atomic E-state index is 13.6. The summed E-state index contributed by atoms with van der Waals surface area (Å²) in [4.78, 5) is 27.7. The topological polar surface area (TPSA) is 70.0 Å². The van der Waals surface area contributed by atoms with Gasteiger partial charge in [0.25, 0.3) is 0 Å². The molecule has 0 unspecified atom stereocenters. The molecule has 4 heterocycles. The van der Waals surface area contributed by atoms with Gasteiger partial charge in [-0.2, -0.15) is 5.10 Å². The van der Waals surface area contributed by atoms with E-state index in [1.54, 1.807) is 15.6 Å². The number of hydrogen-bond acceptors (Lipinski definition) is 4. The maximum Gasteiger partial charge on any atom is 0.328 e. The van der Waals surface area contributed by atoms with Gasteiger partial charge in [0.05, 0.1) is 17.4 Å². The van der Waals surface area contributed by atoms with Crippen LogP contribution in [0.3, 0.4) is 0 Å². The number of pyridine rings is 1. The van der Waals surface area contributed by atoms with E-state index in [1.807, 2.05) is 6.20 Å². The third kappa shape index (κ3) is 4.60. The molecule has 5 atom stereocenters. The second kappa shape index (κ2) is 9.00. The number of imide groups is 1. The molecule has 2 aromatic heterocycles. The van der Waals surface area contributed by atoms with Gasteiger partial charge in [-0.25, -0.2) is 18.1 Å². The van der Waals surface area contributed by atoms with Crippen LogP contribution in [0.1, 0.15) is 44.6 Å². The van der Waals surface area contributed by atoms with Gasteiger partial charge < -0.3 is 4.90 Å². The van der Waals surface area contributed by atoms with Gasteiger partial charge in [0.1, 0.15) is 12.3 Å². The summed E-state index contributed by atoms with van der Waals surface area (Å²) < 4.78 is 28.9. The lowest BCUT2D eigenvalue weighted by Gasteiger charge is -2.39. The molecule has 2 aliphatic heterocycles. The van der Waals surface area contributed by atoms with Crippen LogP contribution in [0.4, 0.5) is 19.3 Å². The van der Waals surface area contributed by atoms with Crippen molar-refractivity contribution in [1.82, 2.24) is 19.8 Å². The zero-order chi connectivity index (χ0) is 23.1. The number of piperidine rings is 1. The van der Waals surface area contributed by atoms with Gasteiger partial charge in [-0.3, -0.25) is 15.0 Å². The molecular formula is C24H31F2N5O2. The number of nitrogens with one attached hydrogen (secondary N) is 1. The van der Waals surface area contributed by atoms with E-state index in [-0.39, 0.29) is 18.2 Å². The first-order valence-electron chi connectivity index (χ1n) is 12.0. The first-order valence-corrected chi connectivity index (χ1v) is 12.0. The quantitative estimate of drug-likeness (QED) is 0.743. The molecule has 1 N–H and O–H groups in total. The van der Waals surface area contributed by atoms with Gasteiger partial charge in [-0.15, -0.1) is 0 Å². The highest BCUT2D eigenvalue weighted by molar-refractivity contribution is 6.07. The Morgan fingerprint density at radius 3 is 2.64 bits per heavy atom. The Morgan fingerprint density at radius 2 is 1.91 bits per heavy atom. The van der Waals surface area contributed by atoms with Crippen molar-refractivity contribution in [2.24, 2.45) is 11.8 Å².